The molecule has 1 fully saturated rings. The minimum atomic E-state index is -0.445. The summed E-state index contributed by atoms with van der Waals surface area (Å²) in [4.78, 5) is 36.1. The number of carbonyl (C=O) groups excluding carboxylic acids is 2. The molecule has 0 unspecified atom stereocenters. The minimum Gasteiger partial charge on any atom is -0.354 e. The van der Waals surface area contributed by atoms with Gasteiger partial charge >= 0.3 is 0 Å². The number of aryl methyl sites for hydroxylation is 2. The van der Waals surface area contributed by atoms with Gasteiger partial charge in [-0.2, -0.15) is 0 Å². The molecule has 1 heterocycles. The van der Waals surface area contributed by atoms with E-state index in [0.29, 0.717) is 18.2 Å². The number of hydrogen-bond acceptors (Lipinski definition) is 3. The Morgan fingerprint density at radius 3 is 2.52 bits per heavy atom. The molecule has 0 atom stereocenters. The van der Waals surface area contributed by atoms with Gasteiger partial charge in [0, 0.05) is 36.7 Å². The number of hydrogen-bond donors (Lipinski definition) is 2. The van der Waals surface area contributed by atoms with Gasteiger partial charge in [0.2, 0.25) is 5.91 Å². The van der Waals surface area contributed by atoms with Crippen LogP contribution < -0.4 is 16.1 Å². The van der Waals surface area contributed by atoms with Crippen LogP contribution in [0.25, 0.3) is 0 Å². The molecule has 130 valence electrons. The summed E-state index contributed by atoms with van der Waals surface area (Å²) >= 11 is 0. The van der Waals surface area contributed by atoms with Crippen molar-refractivity contribution < 1.29 is 9.59 Å². The number of nitrogens with one attached hydrogen (secondary N) is 2. The summed E-state index contributed by atoms with van der Waals surface area (Å²) in [6, 6.07) is 8.86. The average molecular weight is 339 g/mol. The molecule has 2 amide bonds. The van der Waals surface area contributed by atoms with E-state index < -0.39 is 5.91 Å². The molecule has 1 aromatic heterocycles. The number of nitrogens with zero attached hydrogens (tertiary/aromatic N) is 1. The van der Waals surface area contributed by atoms with Gasteiger partial charge in [0.1, 0.15) is 5.56 Å². The van der Waals surface area contributed by atoms with Gasteiger partial charge in [-0.25, -0.2) is 0 Å². The van der Waals surface area contributed by atoms with Crippen LogP contribution in [0.5, 0.6) is 0 Å². The van der Waals surface area contributed by atoms with Gasteiger partial charge in [-0.05, 0) is 37.5 Å². The maximum absolute atomic E-state index is 12.3. The van der Waals surface area contributed by atoms with Crippen LogP contribution in [0.2, 0.25) is 0 Å². The lowest BCUT2D eigenvalue weighted by Gasteiger charge is -2.09. The molecule has 6 heteroatoms. The lowest BCUT2D eigenvalue weighted by atomic mass is 10.1. The molecule has 1 aliphatic carbocycles. The predicted molar refractivity (Wildman–Crippen MR) is 95.7 cm³/mol. The van der Waals surface area contributed by atoms with Crippen molar-refractivity contribution in [3.8, 4) is 0 Å². The van der Waals surface area contributed by atoms with Crippen LogP contribution in [0, 0.1) is 6.92 Å². The molecule has 0 bridgehead atoms. The van der Waals surface area contributed by atoms with Gasteiger partial charge in [-0.1, -0.05) is 12.1 Å². The third kappa shape index (κ3) is 4.35. The molecule has 25 heavy (non-hydrogen) atoms. The zero-order valence-corrected chi connectivity index (χ0v) is 14.3. The number of carbonyl (C=O) groups is 2. The Hall–Kier alpha value is -2.89. The highest BCUT2D eigenvalue weighted by molar-refractivity contribution is 6.04. The third-order valence-corrected chi connectivity index (χ3v) is 4.25. The fourth-order valence-electron chi connectivity index (χ4n) is 2.50. The van der Waals surface area contributed by atoms with Gasteiger partial charge in [-0.3, -0.25) is 14.4 Å². The molecular weight excluding hydrogens is 318 g/mol. The molecule has 1 saturated carbocycles. The molecule has 0 saturated heterocycles. The van der Waals surface area contributed by atoms with E-state index >= 15 is 0 Å². The maximum atomic E-state index is 12.3. The third-order valence-electron chi connectivity index (χ3n) is 4.25. The monoisotopic (exact) mass is 339 g/mol. The number of anilines is 1. The first-order chi connectivity index (χ1) is 11.9. The highest BCUT2D eigenvalue weighted by Gasteiger charge is 2.23. The molecule has 0 spiro atoms. The Balaban J connectivity index is 1.64. The lowest BCUT2D eigenvalue weighted by Crippen LogP contribution is -2.27. The number of pyridine rings is 1. The smallest absolute Gasteiger partial charge is 0.261 e. The van der Waals surface area contributed by atoms with Crippen LogP contribution in [0.15, 0.2) is 41.3 Å². The maximum Gasteiger partial charge on any atom is 0.261 e. The number of amides is 2. The van der Waals surface area contributed by atoms with E-state index in [1.54, 1.807) is 42.8 Å². The van der Waals surface area contributed by atoms with Crippen LogP contribution in [-0.4, -0.2) is 22.4 Å². The normalized spacial score (nSPS) is 13.4. The van der Waals surface area contributed by atoms with Crippen molar-refractivity contribution in [2.45, 2.75) is 32.2 Å². The largest absolute Gasteiger partial charge is 0.354 e. The van der Waals surface area contributed by atoms with E-state index in [1.807, 2.05) is 0 Å². The molecule has 3 rings (SSSR count). The van der Waals surface area contributed by atoms with E-state index in [1.165, 1.54) is 12.3 Å². The summed E-state index contributed by atoms with van der Waals surface area (Å²) < 4.78 is 1.73. The predicted octanol–water partition coefficient (Wildman–Crippen LogP) is 1.77. The van der Waals surface area contributed by atoms with E-state index in [0.717, 1.165) is 24.1 Å². The Bertz CT molecular complexity index is 864. The summed E-state index contributed by atoms with van der Waals surface area (Å²) in [5.74, 6) is -0.428. The SMILES string of the molecule is Cc1cc(=O)c(C(=O)Nc2ccc(CC(=O)NC3CC3)cc2)cn1C. The van der Waals surface area contributed by atoms with E-state index in [2.05, 4.69) is 10.6 Å². The Kier molecular flexibility index (Phi) is 4.70. The van der Waals surface area contributed by atoms with E-state index in [9.17, 15) is 14.4 Å². The fourth-order valence-corrected chi connectivity index (χ4v) is 2.50. The second-order valence-corrected chi connectivity index (χ2v) is 6.47. The van der Waals surface area contributed by atoms with E-state index in [4.69, 9.17) is 0 Å². The fraction of sp³-hybridized carbons (Fsp3) is 0.316. The molecular formula is C19H21N3O3. The zero-order valence-electron chi connectivity index (χ0n) is 14.3. The number of aromatic nitrogens is 1. The van der Waals surface area contributed by atoms with Crippen LogP contribution in [0.4, 0.5) is 5.69 Å². The molecule has 0 aliphatic heterocycles. The lowest BCUT2D eigenvalue weighted by molar-refractivity contribution is -0.120. The van der Waals surface area contributed by atoms with Crippen molar-refractivity contribution >= 4 is 17.5 Å². The zero-order chi connectivity index (χ0) is 18.0. The molecule has 1 aromatic carbocycles. The molecule has 6 nitrogen and oxygen atoms in total. The summed E-state index contributed by atoms with van der Waals surface area (Å²) in [5, 5.41) is 5.66. The molecule has 1 aliphatic rings. The number of benzene rings is 1. The van der Waals surface area contributed by atoms with Crippen molar-refractivity contribution in [2.24, 2.45) is 7.05 Å². The van der Waals surface area contributed by atoms with Crippen LogP contribution in [0.1, 0.15) is 34.5 Å². The van der Waals surface area contributed by atoms with Gasteiger partial charge in [0.05, 0.1) is 6.42 Å². The van der Waals surface area contributed by atoms with Crippen LogP contribution in [0.3, 0.4) is 0 Å². The Morgan fingerprint density at radius 1 is 1.20 bits per heavy atom. The number of rotatable bonds is 5. The first-order valence-electron chi connectivity index (χ1n) is 8.29. The minimum absolute atomic E-state index is 0.0161. The van der Waals surface area contributed by atoms with Crippen LogP contribution >= 0.6 is 0 Å². The highest BCUT2D eigenvalue weighted by Crippen LogP contribution is 2.19. The standard InChI is InChI=1S/C19H21N3O3/c1-12-9-17(23)16(11-22(12)2)19(25)21-15-5-3-13(4-6-15)10-18(24)20-14-7-8-14/h3-6,9,11,14H,7-8,10H2,1-2H3,(H,20,24)(H,21,25). The van der Waals surface area contributed by atoms with Gasteiger partial charge in [0.15, 0.2) is 5.43 Å². The second-order valence-electron chi connectivity index (χ2n) is 6.47. The molecule has 2 aromatic rings. The second kappa shape index (κ2) is 6.93. The molecule has 2 N–H and O–H groups in total. The summed E-state index contributed by atoms with van der Waals surface area (Å²) in [5.41, 5.74) is 2.04. The topological polar surface area (TPSA) is 80.2 Å². The van der Waals surface area contributed by atoms with Gasteiger partial charge < -0.3 is 15.2 Å². The van der Waals surface area contributed by atoms with Crippen molar-refractivity contribution in [3.63, 3.8) is 0 Å². The highest BCUT2D eigenvalue weighted by atomic mass is 16.2. The first kappa shape index (κ1) is 17.0. The van der Waals surface area contributed by atoms with Crippen molar-refractivity contribution in [1.82, 2.24) is 9.88 Å². The van der Waals surface area contributed by atoms with Gasteiger partial charge in [-0.15, -0.1) is 0 Å². The van der Waals surface area contributed by atoms with Crippen molar-refractivity contribution in [2.75, 3.05) is 5.32 Å². The quantitative estimate of drug-likeness (QED) is 0.871. The van der Waals surface area contributed by atoms with Crippen LogP contribution in [-0.2, 0) is 18.3 Å². The van der Waals surface area contributed by atoms with E-state index in [-0.39, 0.29) is 16.9 Å². The summed E-state index contributed by atoms with van der Waals surface area (Å²) in [6.07, 6.45) is 3.98. The van der Waals surface area contributed by atoms with Crippen molar-refractivity contribution in [1.29, 1.82) is 0 Å². The molecule has 0 radical (unpaired) electrons. The average Bonchev–Trinajstić information content (AvgIpc) is 3.36. The Labute approximate surface area is 145 Å². The Morgan fingerprint density at radius 2 is 1.88 bits per heavy atom. The summed E-state index contributed by atoms with van der Waals surface area (Å²) in [6.45, 7) is 1.81. The van der Waals surface area contributed by atoms with Gasteiger partial charge in [0.25, 0.3) is 5.91 Å². The first-order valence-corrected chi connectivity index (χ1v) is 8.29. The van der Waals surface area contributed by atoms with Crippen molar-refractivity contribution in [3.05, 3.63) is 63.6 Å². The summed E-state index contributed by atoms with van der Waals surface area (Å²) in [7, 11) is 1.78.